The van der Waals surface area contributed by atoms with Crippen LogP contribution in [0.5, 0.6) is 5.75 Å². The lowest BCUT2D eigenvalue weighted by atomic mass is 10.1. The highest BCUT2D eigenvalue weighted by Crippen LogP contribution is 2.27. The van der Waals surface area contributed by atoms with E-state index in [0.717, 1.165) is 11.1 Å². The number of hydrogen-bond acceptors (Lipinski definition) is 3. The predicted molar refractivity (Wildman–Crippen MR) is 118 cm³/mol. The van der Waals surface area contributed by atoms with E-state index >= 15 is 0 Å². The van der Waals surface area contributed by atoms with Crippen molar-refractivity contribution >= 4 is 11.6 Å². The van der Waals surface area contributed by atoms with Gasteiger partial charge in [-0.25, -0.2) is 8.78 Å². The summed E-state index contributed by atoms with van der Waals surface area (Å²) in [6.45, 7) is 2.21. The van der Waals surface area contributed by atoms with Gasteiger partial charge in [0.25, 0.3) is 5.91 Å². The molecule has 34 heavy (non-hydrogen) atoms. The van der Waals surface area contributed by atoms with Crippen LogP contribution in [0.25, 0.3) is 0 Å². The third-order valence-electron chi connectivity index (χ3n) is 5.03. The van der Waals surface area contributed by atoms with Crippen molar-refractivity contribution in [3.8, 4) is 5.75 Å². The van der Waals surface area contributed by atoms with Crippen molar-refractivity contribution in [1.82, 2.24) is 9.78 Å². The van der Waals surface area contributed by atoms with Gasteiger partial charge in [-0.1, -0.05) is 42.0 Å². The monoisotopic (exact) mass is 469 g/mol. The number of amides is 1. The van der Waals surface area contributed by atoms with Crippen molar-refractivity contribution in [3.05, 3.63) is 113 Å². The quantitative estimate of drug-likeness (QED) is 0.282. The predicted octanol–water partition coefficient (Wildman–Crippen LogP) is 5.63. The van der Waals surface area contributed by atoms with Crippen LogP contribution < -0.4 is 10.1 Å². The summed E-state index contributed by atoms with van der Waals surface area (Å²) in [6.07, 6.45) is 3.25. The number of ether oxygens (including phenoxy) is 1. The molecule has 0 spiro atoms. The van der Waals surface area contributed by atoms with E-state index in [-0.39, 0.29) is 18.6 Å². The van der Waals surface area contributed by atoms with E-state index in [2.05, 4.69) is 10.4 Å². The van der Waals surface area contributed by atoms with Gasteiger partial charge >= 0.3 is 0 Å². The second kappa shape index (κ2) is 9.78. The van der Waals surface area contributed by atoms with Crippen LogP contribution >= 0.6 is 0 Å². The number of aromatic nitrogens is 2. The Kier molecular flexibility index (Phi) is 6.62. The molecule has 9 heteroatoms. The van der Waals surface area contributed by atoms with Crippen LogP contribution in [0, 0.1) is 30.2 Å². The lowest BCUT2D eigenvalue weighted by molar-refractivity contribution is 0.102. The molecule has 0 bridgehead atoms. The first-order valence-electron chi connectivity index (χ1n) is 10.2. The van der Waals surface area contributed by atoms with Crippen molar-refractivity contribution in [2.75, 3.05) is 5.32 Å². The number of carbonyl (C=O) groups is 1. The third-order valence-corrected chi connectivity index (χ3v) is 5.03. The van der Waals surface area contributed by atoms with Crippen molar-refractivity contribution < 1.29 is 27.1 Å². The molecule has 4 rings (SSSR count). The minimum atomic E-state index is -1.61. The van der Waals surface area contributed by atoms with Crippen LogP contribution in [0.4, 0.5) is 23.2 Å². The van der Waals surface area contributed by atoms with E-state index in [1.54, 1.807) is 10.9 Å². The minimum absolute atomic E-state index is 0.108. The number of anilines is 1. The van der Waals surface area contributed by atoms with Crippen LogP contribution in [0.2, 0.25) is 0 Å². The average Bonchev–Trinajstić information content (AvgIpc) is 3.26. The molecule has 174 valence electrons. The summed E-state index contributed by atoms with van der Waals surface area (Å²) < 4.78 is 60.6. The Hall–Kier alpha value is -4.14. The van der Waals surface area contributed by atoms with Gasteiger partial charge in [-0.05, 0) is 30.2 Å². The Bertz CT molecular complexity index is 1290. The van der Waals surface area contributed by atoms with Crippen molar-refractivity contribution in [3.63, 3.8) is 0 Å². The Labute approximate surface area is 192 Å². The summed E-state index contributed by atoms with van der Waals surface area (Å²) in [5, 5.41) is 6.99. The molecule has 5 nitrogen and oxygen atoms in total. The molecule has 1 aromatic heterocycles. The summed E-state index contributed by atoms with van der Waals surface area (Å²) in [5.41, 5.74) is 3.51. The fourth-order valence-electron chi connectivity index (χ4n) is 3.18. The number of rotatable bonds is 7. The van der Waals surface area contributed by atoms with E-state index in [0.29, 0.717) is 23.4 Å². The van der Waals surface area contributed by atoms with Crippen LogP contribution in [-0.4, -0.2) is 15.7 Å². The summed E-state index contributed by atoms with van der Waals surface area (Å²) >= 11 is 0. The minimum Gasteiger partial charge on any atom is -0.483 e. The highest BCUT2D eigenvalue weighted by Gasteiger charge is 2.20. The molecule has 0 atom stereocenters. The molecule has 0 aliphatic carbocycles. The van der Waals surface area contributed by atoms with Gasteiger partial charge in [-0.3, -0.25) is 9.48 Å². The molecule has 1 N–H and O–H groups in total. The number of aryl methyl sites for hydroxylation is 1. The van der Waals surface area contributed by atoms with E-state index in [4.69, 9.17) is 4.74 Å². The molecular weight excluding hydrogens is 450 g/mol. The second-order valence-electron chi connectivity index (χ2n) is 7.65. The lowest BCUT2D eigenvalue weighted by Gasteiger charge is -2.10. The zero-order valence-corrected chi connectivity index (χ0v) is 18.0. The molecule has 0 aliphatic heterocycles. The highest BCUT2D eigenvalue weighted by molar-refractivity contribution is 6.04. The van der Waals surface area contributed by atoms with E-state index in [1.165, 1.54) is 30.5 Å². The summed E-state index contributed by atoms with van der Waals surface area (Å²) in [5.74, 6) is -7.85. The smallest absolute Gasteiger partial charge is 0.255 e. The number of hydrogen-bond donors (Lipinski definition) is 1. The van der Waals surface area contributed by atoms with Gasteiger partial charge < -0.3 is 10.1 Å². The van der Waals surface area contributed by atoms with Gasteiger partial charge in [-0.2, -0.15) is 13.9 Å². The van der Waals surface area contributed by atoms with Crippen LogP contribution in [-0.2, 0) is 13.2 Å². The zero-order chi connectivity index (χ0) is 24.2. The molecule has 3 aromatic carbocycles. The van der Waals surface area contributed by atoms with Crippen LogP contribution in [0.1, 0.15) is 27.0 Å². The van der Waals surface area contributed by atoms with Crippen LogP contribution in [0.15, 0.2) is 67.0 Å². The number of benzene rings is 3. The fraction of sp³-hybridized carbons (Fsp3) is 0.120. The van der Waals surface area contributed by atoms with Crippen LogP contribution in [0.3, 0.4) is 0 Å². The zero-order valence-electron chi connectivity index (χ0n) is 18.0. The van der Waals surface area contributed by atoms with Crippen molar-refractivity contribution in [2.45, 2.75) is 20.1 Å². The Balaban J connectivity index is 1.36. The molecule has 0 fully saturated rings. The Morgan fingerprint density at radius 2 is 1.56 bits per heavy atom. The van der Waals surface area contributed by atoms with Gasteiger partial charge in [0.2, 0.25) is 11.6 Å². The molecule has 0 unspecified atom stereocenters. The van der Waals surface area contributed by atoms with Gasteiger partial charge in [0.15, 0.2) is 17.4 Å². The van der Waals surface area contributed by atoms with Gasteiger partial charge in [-0.15, -0.1) is 0 Å². The molecular formula is C25H19F4N3O2. The maximum absolute atomic E-state index is 13.7. The molecule has 0 saturated heterocycles. The average molecular weight is 469 g/mol. The third kappa shape index (κ3) is 5.25. The maximum atomic E-state index is 13.7. The molecule has 1 amide bonds. The SMILES string of the molecule is Cc1ccc(Cn2cc(NC(=O)c3ccc(COc4c(F)c(F)cc(F)c4F)cc3)cn2)cc1. The second-order valence-corrected chi connectivity index (χ2v) is 7.65. The number of nitrogens with one attached hydrogen (secondary N) is 1. The number of halogens is 4. The molecule has 0 saturated carbocycles. The summed E-state index contributed by atoms with van der Waals surface area (Å²) in [7, 11) is 0. The fourth-order valence-corrected chi connectivity index (χ4v) is 3.18. The highest BCUT2D eigenvalue weighted by atomic mass is 19.2. The van der Waals surface area contributed by atoms with E-state index < -0.39 is 29.0 Å². The topological polar surface area (TPSA) is 56.2 Å². The van der Waals surface area contributed by atoms with Gasteiger partial charge in [0.1, 0.15) is 6.61 Å². The Morgan fingerprint density at radius 1 is 0.941 bits per heavy atom. The maximum Gasteiger partial charge on any atom is 0.255 e. The summed E-state index contributed by atoms with van der Waals surface area (Å²) in [4.78, 5) is 12.5. The first-order chi connectivity index (χ1) is 16.3. The first-order valence-corrected chi connectivity index (χ1v) is 10.2. The normalized spacial score (nSPS) is 10.9. The largest absolute Gasteiger partial charge is 0.483 e. The van der Waals surface area contributed by atoms with Gasteiger partial charge in [0, 0.05) is 17.8 Å². The molecule has 0 radical (unpaired) electrons. The standard InChI is InChI=1S/C25H19F4N3O2/c1-15-2-4-16(5-3-15)12-32-13-19(11-30-32)31-25(33)18-8-6-17(7-9-18)14-34-24-22(28)20(26)10-21(27)23(24)29/h2-11,13H,12,14H2,1H3,(H,31,33). The van der Waals surface area contributed by atoms with Gasteiger partial charge in [0.05, 0.1) is 18.4 Å². The number of nitrogens with zero attached hydrogens (tertiary/aromatic N) is 2. The Morgan fingerprint density at radius 3 is 2.21 bits per heavy atom. The molecule has 0 aliphatic rings. The summed E-state index contributed by atoms with van der Waals surface area (Å²) in [6, 6.07) is 14.1. The van der Waals surface area contributed by atoms with Crippen molar-refractivity contribution in [1.29, 1.82) is 0 Å². The van der Waals surface area contributed by atoms with E-state index in [9.17, 15) is 22.4 Å². The molecule has 4 aromatic rings. The van der Waals surface area contributed by atoms with Crippen molar-refractivity contribution in [2.24, 2.45) is 0 Å². The number of carbonyl (C=O) groups excluding carboxylic acids is 1. The van der Waals surface area contributed by atoms with E-state index in [1.807, 2.05) is 31.2 Å². The lowest BCUT2D eigenvalue weighted by Crippen LogP contribution is -2.11. The molecule has 1 heterocycles. The first kappa shape index (κ1) is 23.0.